The summed E-state index contributed by atoms with van der Waals surface area (Å²) in [5, 5.41) is 5.67. The highest BCUT2D eigenvalue weighted by Crippen LogP contribution is 2.29. The Morgan fingerprint density at radius 3 is 2.53 bits per heavy atom. The minimum absolute atomic E-state index is 0.176. The third-order valence-electron chi connectivity index (χ3n) is 4.26. The number of carbonyl (C=O) groups is 3. The molecule has 0 unspecified atom stereocenters. The molecule has 4 rings (SSSR count). The Bertz CT molecular complexity index is 1170. The third kappa shape index (κ3) is 4.48. The molecule has 3 amide bonds. The third-order valence-corrected chi connectivity index (χ3v) is 5.77. The van der Waals surface area contributed by atoms with Crippen molar-refractivity contribution >= 4 is 46.8 Å². The molecule has 0 atom stereocenters. The number of anilines is 1. The van der Waals surface area contributed by atoms with Gasteiger partial charge >= 0.3 is 0 Å². The zero-order valence-electron chi connectivity index (χ0n) is 15.5. The van der Waals surface area contributed by atoms with E-state index in [0.29, 0.717) is 27.8 Å². The summed E-state index contributed by atoms with van der Waals surface area (Å²) in [7, 11) is 0. The number of hydrogen-bond donors (Lipinski definition) is 2. The molecular weight excluding hydrogens is 424 g/mol. The van der Waals surface area contributed by atoms with Crippen LogP contribution in [0, 0.1) is 0 Å². The Labute approximate surface area is 181 Å². The van der Waals surface area contributed by atoms with Crippen LogP contribution in [0.15, 0.2) is 71.6 Å². The number of nitrogens with one attached hydrogen (secondary N) is 2. The number of benzene rings is 3. The predicted octanol–water partition coefficient (Wildman–Crippen LogP) is 4.75. The Morgan fingerprint density at radius 1 is 0.933 bits per heavy atom. The van der Waals surface area contributed by atoms with Gasteiger partial charge in [0.25, 0.3) is 11.8 Å². The molecule has 0 aromatic heterocycles. The fourth-order valence-corrected chi connectivity index (χ4v) is 3.92. The molecule has 6 nitrogen and oxygen atoms in total. The molecule has 1 heterocycles. The number of rotatable bonds is 6. The number of amides is 3. The van der Waals surface area contributed by atoms with E-state index in [1.54, 1.807) is 42.5 Å². The molecule has 0 bridgehead atoms. The monoisotopic (exact) mass is 438 g/mol. The SMILES string of the molecule is O=C(CSc1ccccc1Cl)Nc1cccc(Oc2ccc3c(c2)C(=O)NC3=O)c1. The fourth-order valence-electron chi connectivity index (χ4n) is 2.89. The molecule has 1 aliphatic heterocycles. The standard InChI is InChI=1S/C22H15ClN2O4S/c23-18-6-1-2-7-19(18)30-12-20(26)24-13-4-3-5-14(10-13)29-15-8-9-16-17(11-15)22(28)25-21(16)27/h1-11H,12H2,(H,24,26)(H,25,27,28). The van der Waals surface area contributed by atoms with Crippen molar-refractivity contribution in [2.75, 3.05) is 11.1 Å². The quantitative estimate of drug-likeness (QED) is 0.428. The Balaban J connectivity index is 1.40. The van der Waals surface area contributed by atoms with E-state index in [1.165, 1.54) is 17.8 Å². The molecule has 3 aromatic carbocycles. The van der Waals surface area contributed by atoms with Gasteiger partial charge in [-0.3, -0.25) is 19.7 Å². The van der Waals surface area contributed by atoms with Gasteiger partial charge in [0.2, 0.25) is 5.91 Å². The van der Waals surface area contributed by atoms with Crippen molar-refractivity contribution in [3.8, 4) is 11.5 Å². The van der Waals surface area contributed by atoms with Crippen LogP contribution < -0.4 is 15.4 Å². The molecule has 0 aliphatic carbocycles. The molecular formula is C22H15ClN2O4S. The van der Waals surface area contributed by atoms with Crippen molar-refractivity contribution in [3.63, 3.8) is 0 Å². The molecule has 3 aromatic rings. The number of ether oxygens (including phenoxy) is 1. The van der Waals surface area contributed by atoms with Gasteiger partial charge in [-0.05, 0) is 42.5 Å². The summed E-state index contributed by atoms with van der Waals surface area (Å²) < 4.78 is 5.79. The van der Waals surface area contributed by atoms with Gasteiger partial charge in [-0.1, -0.05) is 29.8 Å². The Kier molecular flexibility index (Phi) is 5.74. The van der Waals surface area contributed by atoms with Crippen molar-refractivity contribution in [1.29, 1.82) is 0 Å². The molecule has 0 radical (unpaired) electrons. The maximum atomic E-state index is 12.3. The summed E-state index contributed by atoms with van der Waals surface area (Å²) in [5.41, 5.74) is 1.18. The minimum Gasteiger partial charge on any atom is -0.457 e. The highest BCUT2D eigenvalue weighted by molar-refractivity contribution is 8.00. The minimum atomic E-state index is -0.447. The van der Waals surface area contributed by atoms with Gasteiger partial charge in [0.05, 0.1) is 21.9 Å². The number of halogens is 1. The van der Waals surface area contributed by atoms with Gasteiger partial charge in [0.15, 0.2) is 0 Å². The first-order chi connectivity index (χ1) is 14.5. The van der Waals surface area contributed by atoms with Crippen LogP contribution >= 0.6 is 23.4 Å². The molecule has 150 valence electrons. The molecule has 0 spiro atoms. The predicted molar refractivity (Wildman–Crippen MR) is 116 cm³/mol. The summed E-state index contributed by atoms with van der Waals surface area (Å²) in [6, 6.07) is 18.9. The van der Waals surface area contributed by atoms with Crippen LogP contribution in [0.2, 0.25) is 5.02 Å². The van der Waals surface area contributed by atoms with Crippen molar-refractivity contribution in [2.24, 2.45) is 0 Å². The van der Waals surface area contributed by atoms with Gasteiger partial charge in [-0.2, -0.15) is 0 Å². The average molecular weight is 439 g/mol. The van der Waals surface area contributed by atoms with Crippen molar-refractivity contribution in [3.05, 3.63) is 82.9 Å². The summed E-state index contributed by atoms with van der Waals surface area (Å²) in [6.45, 7) is 0. The zero-order chi connectivity index (χ0) is 21.1. The van der Waals surface area contributed by atoms with Crippen LogP contribution in [0.4, 0.5) is 5.69 Å². The number of imide groups is 1. The van der Waals surface area contributed by atoms with Gasteiger partial charge < -0.3 is 10.1 Å². The lowest BCUT2D eigenvalue weighted by Gasteiger charge is -2.10. The molecule has 30 heavy (non-hydrogen) atoms. The second kappa shape index (κ2) is 8.61. The van der Waals surface area contributed by atoms with Crippen LogP contribution in [-0.4, -0.2) is 23.5 Å². The topological polar surface area (TPSA) is 84.5 Å². The zero-order valence-corrected chi connectivity index (χ0v) is 17.0. The van der Waals surface area contributed by atoms with Crippen molar-refractivity contribution in [1.82, 2.24) is 5.32 Å². The average Bonchev–Trinajstić information content (AvgIpc) is 3.01. The first-order valence-corrected chi connectivity index (χ1v) is 10.3. The van der Waals surface area contributed by atoms with Gasteiger partial charge in [-0.25, -0.2) is 0 Å². The number of carbonyl (C=O) groups excluding carboxylic acids is 3. The molecule has 1 aliphatic rings. The second-order valence-corrected chi connectivity index (χ2v) is 7.81. The van der Waals surface area contributed by atoms with E-state index in [9.17, 15) is 14.4 Å². The fraction of sp³-hybridized carbons (Fsp3) is 0.0455. The van der Waals surface area contributed by atoms with E-state index in [0.717, 1.165) is 4.90 Å². The first-order valence-electron chi connectivity index (χ1n) is 8.94. The van der Waals surface area contributed by atoms with E-state index in [-0.39, 0.29) is 17.2 Å². The second-order valence-electron chi connectivity index (χ2n) is 6.39. The summed E-state index contributed by atoms with van der Waals surface area (Å²) in [6.07, 6.45) is 0. The largest absolute Gasteiger partial charge is 0.457 e. The van der Waals surface area contributed by atoms with Crippen LogP contribution in [0.25, 0.3) is 0 Å². The highest BCUT2D eigenvalue weighted by Gasteiger charge is 2.26. The Hall–Kier alpha value is -3.29. The summed E-state index contributed by atoms with van der Waals surface area (Å²) in [4.78, 5) is 36.5. The molecule has 0 fully saturated rings. The van der Waals surface area contributed by atoms with Gasteiger partial charge in [0.1, 0.15) is 11.5 Å². The van der Waals surface area contributed by atoms with E-state index in [4.69, 9.17) is 16.3 Å². The van der Waals surface area contributed by atoms with Crippen molar-refractivity contribution < 1.29 is 19.1 Å². The lowest BCUT2D eigenvalue weighted by atomic mass is 10.1. The Morgan fingerprint density at radius 2 is 1.70 bits per heavy atom. The van der Waals surface area contributed by atoms with Crippen molar-refractivity contribution in [2.45, 2.75) is 4.90 Å². The van der Waals surface area contributed by atoms with Crippen LogP contribution in [0.5, 0.6) is 11.5 Å². The number of fused-ring (bicyclic) bond motifs is 1. The maximum Gasteiger partial charge on any atom is 0.259 e. The van der Waals surface area contributed by atoms with E-state index < -0.39 is 11.8 Å². The smallest absolute Gasteiger partial charge is 0.259 e. The van der Waals surface area contributed by atoms with Crippen LogP contribution in [0.1, 0.15) is 20.7 Å². The lowest BCUT2D eigenvalue weighted by Crippen LogP contribution is -2.19. The van der Waals surface area contributed by atoms with E-state index >= 15 is 0 Å². The maximum absolute atomic E-state index is 12.3. The van der Waals surface area contributed by atoms with Crippen LogP contribution in [0.3, 0.4) is 0 Å². The first kappa shape index (κ1) is 20.0. The normalized spacial score (nSPS) is 12.3. The molecule has 2 N–H and O–H groups in total. The van der Waals surface area contributed by atoms with Crippen LogP contribution in [-0.2, 0) is 4.79 Å². The lowest BCUT2D eigenvalue weighted by molar-refractivity contribution is -0.113. The van der Waals surface area contributed by atoms with Gasteiger partial charge in [-0.15, -0.1) is 11.8 Å². The number of hydrogen-bond acceptors (Lipinski definition) is 5. The molecule has 0 saturated carbocycles. The number of thioether (sulfide) groups is 1. The molecule has 0 saturated heterocycles. The van der Waals surface area contributed by atoms with E-state index in [2.05, 4.69) is 10.6 Å². The van der Waals surface area contributed by atoms with Gasteiger partial charge in [0, 0.05) is 16.6 Å². The van der Waals surface area contributed by atoms with E-state index in [1.807, 2.05) is 18.2 Å². The molecule has 8 heteroatoms. The summed E-state index contributed by atoms with van der Waals surface area (Å²) in [5.74, 6) is 0.0683. The summed E-state index contributed by atoms with van der Waals surface area (Å²) >= 11 is 7.46. The highest BCUT2D eigenvalue weighted by atomic mass is 35.5.